The monoisotopic (exact) mass is 271 g/mol. The molecule has 0 radical (unpaired) electrons. The van der Waals surface area contributed by atoms with E-state index in [9.17, 15) is 0 Å². The largest absolute Gasteiger partial charge is 0.297 e. The second-order valence-electron chi connectivity index (χ2n) is 7.23. The summed E-state index contributed by atoms with van der Waals surface area (Å²) in [6.07, 6.45) is 6.71. The SMILES string of the molecule is CCCC(C)(CC)N1CCC2CC2(c2ccccc2)C1. The molecule has 1 heterocycles. The second-order valence-corrected chi connectivity index (χ2v) is 7.23. The average molecular weight is 271 g/mol. The molecule has 2 fully saturated rings. The molecular weight excluding hydrogens is 242 g/mol. The van der Waals surface area contributed by atoms with Gasteiger partial charge in [0.1, 0.15) is 0 Å². The Morgan fingerprint density at radius 3 is 2.65 bits per heavy atom. The van der Waals surface area contributed by atoms with Crippen LogP contribution in [0.1, 0.15) is 58.4 Å². The van der Waals surface area contributed by atoms with E-state index in [1.54, 1.807) is 5.56 Å². The van der Waals surface area contributed by atoms with E-state index in [1.807, 2.05) is 0 Å². The van der Waals surface area contributed by atoms with Gasteiger partial charge >= 0.3 is 0 Å². The van der Waals surface area contributed by atoms with Gasteiger partial charge in [0.25, 0.3) is 0 Å². The Balaban J connectivity index is 1.81. The van der Waals surface area contributed by atoms with Gasteiger partial charge in [0.2, 0.25) is 0 Å². The van der Waals surface area contributed by atoms with Crippen LogP contribution in [0.3, 0.4) is 0 Å². The molecule has 0 N–H and O–H groups in total. The molecule has 0 spiro atoms. The van der Waals surface area contributed by atoms with Gasteiger partial charge in [-0.05, 0) is 50.6 Å². The summed E-state index contributed by atoms with van der Waals surface area (Å²) in [6.45, 7) is 9.77. The van der Waals surface area contributed by atoms with E-state index in [0.29, 0.717) is 11.0 Å². The molecule has 2 aliphatic rings. The molecule has 1 saturated heterocycles. The molecule has 0 bridgehead atoms. The fourth-order valence-corrected chi connectivity index (χ4v) is 4.46. The Hall–Kier alpha value is -0.820. The minimum atomic E-state index is 0.407. The standard InChI is InChI=1S/C19H29N/c1-4-12-18(3,5-2)20-13-11-17-14-19(17,15-20)16-9-7-6-8-10-16/h6-10,17H,4-5,11-15H2,1-3H3. The van der Waals surface area contributed by atoms with Gasteiger partial charge in [-0.2, -0.15) is 0 Å². The maximum absolute atomic E-state index is 2.81. The van der Waals surface area contributed by atoms with Crippen LogP contribution in [0.25, 0.3) is 0 Å². The van der Waals surface area contributed by atoms with Crippen LogP contribution in [-0.4, -0.2) is 23.5 Å². The summed E-state index contributed by atoms with van der Waals surface area (Å²) in [7, 11) is 0. The van der Waals surface area contributed by atoms with Crippen molar-refractivity contribution in [3.05, 3.63) is 35.9 Å². The molecule has 1 nitrogen and oxygen atoms in total. The lowest BCUT2D eigenvalue weighted by Crippen LogP contribution is -2.52. The molecule has 1 aliphatic heterocycles. The molecule has 1 heteroatoms. The molecule has 1 saturated carbocycles. The van der Waals surface area contributed by atoms with E-state index in [0.717, 1.165) is 5.92 Å². The number of nitrogens with zero attached hydrogens (tertiary/aromatic N) is 1. The fraction of sp³-hybridized carbons (Fsp3) is 0.684. The van der Waals surface area contributed by atoms with Crippen molar-refractivity contribution in [2.45, 2.75) is 63.8 Å². The molecule has 1 aromatic rings. The number of hydrogen-bond donors (Lipinski definition) is 0. The van der Waals surface area contributed by atoms with Crippen molar-refractivity contribution in [1.82, 2.24) is 4.90 Å². The summed E-state index contributed by atoms with van der Waals surface area (Å²) in [6, 6.07) is 11.3. The van der Waals surface area contributed by atoms with Crippen LogP contribution in [-0.2, 0) is 5.41 Å². The van der Waals surface area contributed by atoms with E-state index in [-0.39, 0.29) is 0 Å². The van der Waals surface area contributed by atoms with E-state index >= 15 is 0 Å². The zero-order valence-corrected chi connectivity index (χ0v) is 13.4. The van der Waals surface area contributed by atoms with Crippen LogP contribution in [0.4, 0.5) is 0 Å². The Labute approximate surface area is 124 Å². The average Bonchev–Trinajstić information content (AvgIpc) is 3.23. The van der Waals surface area contributed by atoms with Crippen molar-refractivity contribution >= 4 is 0 Å². The predicted molar refractivity (Wildman–Crippen MR) is 86.0 cm³/mol. The lowest BCUT2D eigenvalue weighted by atomic mass is 9.83. The summed E-state index contributed by atoms with van der Waals surface area (Å²) in [5.74, 6) is 0.948. The highest BCUT2D eigenvalue weighted by atomic mass is 15.2. The number of rotatable bonds is 5. The van der Waals surface area contributed by atoms with Crippen LogP contribution in [0.15, 0.2) is 30.3 Å². The van der Waals surface area contributed by atoms with Gasteiger partial charge in [-0.25, -0.2) is 0 Å². The molecule has 0 aromatic heterocycles. The molecule has 1 aliphatic carbocycles. The van der Waals surface area contributed by atoms with Gasteiger partial charge in [0, 0.05) is 17.5 Å². The number of fused-ring (bicyclic) bond motifs is 1. The van der Waals surface area contributed by atoms with E-state index in [1.165, 1.54) is 45.2 Å². The smallest absolute Gasteiger partial charge is 0.0179 e. The minimum Gasteiger partial charge on any atom is -0.297 e. The van der Waals surface area contributed by atoms with Crippen LogP contribution in [0.5, 0.6) is 0 Å². The molecule has 1 aromatic carbocycles. The highest BCUT2D eigenvalue weighted by Gasteiger charge is 2.58. The van der Waals surface area contributed by atoms with Crippen molar-refractivity contribution in [1.29, 1.82) is 0 Å². The first-order valence-electron chi connectivity index (χ1n) is 8.45. The molecule has 3 atom stereocenters. The third-order valence-electron chi connectivity index (χ3n) is 6.11. The third-order valence-corrected chi connectivity index (χ3v) is 6.11. The number of hydrogen-bond acceptors (Lipinski definition) is 1. The van der Waals surface area contributed by atoms with Gasteiger partial charge in [-0.15, -0.1) is 0 Å². The van der Waals surface area contributed by atoms with Crippen molar-refractivity contribution in [2.75, 3.05) is 13.1 Å². The summed E-state index contributed by atoms with van der Waals surface area (Å²) < 4.78 is 0. The van der Waals surface area contributed by atoms with Crippen molar-refractivity contribution in [3.63, 3.8) is 0 Å². The second kappa shape index (κ2) is 5.18. The summed E-state index contributed by atoms with van der Waals surface area (Å²) in [5, 5.41) is 0. The van der Waals surface area contributed by atoms with Gasteiger partial charge in [0.15, 0.2) is 0 Å². The maximum atomic E-state index is 2.81. The zero-order valence-electron chi connectivity index (χ0n) is 13.4. The lowest BCUT2D eigenvalue weighted by Gasteiger charge is -2.46. The summed E-state index contributed by atoms with van der Waals surface area (Å²) in [4.78, 5) is 2.81. The van der Waals surface area contributed by atoms with Gasteiger partial charge in [-0.1, -0.05) is 50.6 Å². The fourth-order valence-electron chi connectivity index (χ4n) is 4.46. The predicted octanol–water partition coefficient (Wildman–Crippen LogP) is 4.62. The topological polar surface area (TPSA) is 3.24 Å². The third kappa shape index (κ3) is 2.20. The number of piperidine rings is 1. The Morgan fingerprint density at radius 2 is 2.00 bits per heavy atom. The highest BCUT2D eigenvalue weighted by molar-refractivity contribution is 5.35. The Morgan fingerprint density at radius 1 is 1.25 bits per heavy atom. The molecule has 110 valence electrons. The number of benzene rings is 1. The molecule has 20 heavy (non-hydrogen) atoms. The quantitative estimate of drug-likeness (QED) is 0.755. The van der Waals surface area contributed by atoms with E-state index < -0.39 is 0 Å². The first-order chi connectivity index (χ1) is 9.64. The van der Waals surface area contributed by atoms with Gasteiger partial charge < -0.3 is 0 Å². The molecular formula is C19H29N. The molecule has 0 amide bonds. The zero-order chi connectivity index (χ0) is 14.2. The molecule has 3 rings (SSSR count). The van der Waals surface area contributed by atoms with Crippen LogP contribution >= 0.6 is 0 Å². The number of likely N-dealkylation sites (tertiary alicyclic amines) is 1. The minimum absolute atomic E-state index is 0.407. The van der Waals surface area contributed by atoms with Crippen LogP contribution < -0.4 is 0 Å². The molecule has 3 unspecified atom stereocenters. The normalized spacial score (nSPS) is 32.5. The van der Waals surface area contributed by atoms with Gasteiger partial charge in [-0.3, -0.25) is 4.90 Å². The van der Waals surface area contributed by atoms with Crippen LogP contribution in [0.2, 0.25) is 0 Å². The Bertz CT molecular complexity index is 454. The van der Waals surface area contributed by atoms with E-state index in [2.05, 4.69) is 56.0 Å². The maximum Gasteiger partial charge on any atom is 0.0179 e. The van der Waals surface area contributed by atoms with Crippen LogP contribution in [0, 0.1) is 5.92 Å². The van der Waals surface area contributed by atoms with Crippen molar-refractivity contribution in [3.8, 4) is 0 Å². The van der Waals surface area contributed by atoms with Crippen molar-refractivity contribution in [2.24, 2.45) is 5.92 Å². The summed E-state index contributed by atoms with van der Waals surface area (Å²) >= 11 is 0. The first-order valence-corrected chi connectivity index (χ1v) is 8.45. The summed E-state index contributed by atoms with van der Waals surface area (Å²) in [5.41, 5.74) is 2.48. The van der Waals surface area contributed by atoms with Crippen molar-refractivity contribution < 1.29 is 0 Å². The highest BCUT2D eigenvalue weighted by Crippen LogP contribution is 2.59. The lowest BCUT2D eigenvalue weighted by molar-refractivity contribution is 0.0562. The first kappa shape index (κ1) is 14.1. The van der Waals surface area contributed by atoms with E-state index in [4.69, 9.17) is 0 Å². The van der Waals surface area contributed by atoms with Gasteiger partial charge in [0.05, 0.1) is 0 Å². The Kier molecular flexibility index (Phi) is 3.66.